The van der Waals surface area contributed by atoms with Crippen LogP contribution in [0.25, 0.3) is 11.0 Å². The van der Waals surface area contributed by atoms with Crippen molar-refractivity contribution in [2.75, 3.05) is 7.11 Å². The fourth-order valence-electron chi connectivity index (χ4n) is 1.79. The first-order valence-corrected chi connectivity index (χ1v) is 4.88. The average Bonchev–Trinajstić information content (AvgIpc) is 2.61. The summed E-state index contributed by atoms with van der Waals surface area (Å²) in [4.78, 5) is 11.2. The van der Waals surface area contributed by atoms with E-state index in [0.29, 0.717) is 5.58 Å². The Morgan fingerprint density at radius 1 is 1.50 bits per heavy atom. The summed E-state index contributed by atoms with van der Waals surface area (Å²) in [6.07, 6.45) is 1.70. The standard InChI is InChI=1S/C12H12O4/c1-7-3-9(13)5-10-12(7)8(6-16-10)4-11(14)15-2/h3,5-6,13H,4H2,1-2H3. The third kappa shape index (κ3) is 1.74. The van der Waals surface area contributed by atoms with Crippen LogP contribution in [0.4, 0.5) is 0 Å². The molecule has 0 unspecified atom stereocenters. The van der Waals surface area contributed by atoms with Crippen LogP contribution < -0.4 is 0 Å². The topological polar surface area (TPSA) is 59.7 Å². The average molecular weight is 220 g/mol. The van der Waals surface area contributed by atoms with Gasteiger partial charge in [0.05, 0.1) is 19.8 Å². The van der Waals surface area contributed by atoms with Gasteiger partial charge in [0.25, 0.3) is 0 Å². The van der Waals surface area contributed by atoms with Gasteiger partial charge in [0.1, 0.15) is 11.3 Å². The second-order valence-electron chi connectivity index (χ2n) is 3.65. The maximum absolute atomic E-state index is 11.2. The highest BCUT2D eigenvalue weighted by molar-refractivity contribution is 5.89. The summed E-state index contributed by atoms with van der Waals surface area (Å²) in [6, 6.07) is 3.17. The third-order valence-electron chi connectivity index (χ3n) is 2.50. The number of ether oxygens (including phenoxy) is 1. The minimum atomic E-state index is -0.310. The maximum atomic E-state index is 11.2. The highest BCUT2D eigenvalue weighted by Crippen LogP contribution is 2.29. The molecule has 4 heteroatoms. The first kappa shape index (κ1) is 10.5. The van der Waals surface area contributed by atoms with Crippen molar-refractivity contribution in [1.29, 1.82) is 0 Å². The van der Waals surface area contributed by atoms with Gasteiger partial charge in [0.15, 0.2) is 0 Å². The highest BCUT2D eigenvalue weighted by atomic mass is 16.5. The van der Waals surface area contributed by atoms with Crippen LogP contribution in [0, 0.1) is 6.92 Å². The Balaban J connectivity index is 2.52. The van der Waals surface area contributed by atoms with E-state index in [1.165, 1.54) is 19.4 Å². The largest absolute Gasteiger partial charge is 0.508 e. The monoisotopic (exact) mass is 220 g/mol. The lowest BCUT2D eigenvalue weighted by Gasteiger charge is -2.00. The summed E-state index contributed by atoms with van der Waals surface area (Å²) in [7, 11) is 1.35. The van der Waals surface area contributed by atoms with E-state index in [-0.39, 0.29) is 18.1 Å². The molecule has 4 nitrogen and oxygen atoms in total. The van der Waals surface area contributed by atoms with E-state index >= 15 is 0 Å². The number of hydrogen-bond acceptors (Lipinski definition) is 4. The van der Waals surface area contributed by atoms with Crippen molar-refractivity contribution >= 4 is 16.9 Å². The van der Waals surface area contributed by atoms with Gasteiger partial charge in [-0.05, 0) is 18.6 Å². The summed E-state index contributed by atoms with van der Waals surface area (Å²) in [5, 5.41) is 10.3. The number of aromatic hydroxyl groups is 1. The number of esters is 1. The van der Waals surface area contributed by atoms with E-state index in [1.807, 2.05) is 6.92 Å². The molecular formula is C12H12O4. The summed E-state index contributed by atoms with van der Waals surface area (Å²) in [6.45, 7) is 1.86. The van der Waals surface area contributed by atoms with E-state index in [9.17, 15) is 9.90 Å². The number of aryl methyl sites for hydroxylation is 1. The number of furan rings is 1. The van der Waals surface area contributed by atoms with Crippen molar-refractivity contribution < 1.29 is 19.1 Å². The van der Waals surface area contributed by atoms with Crippen molar-refractivity contribution in [2.24, 2.45) is 0 Å². The maximum Gasteiger partial charge on any atom is 0.310 e. The number of phenolic OH excluding ortho intramolecular Hbond substituents is 1. The lowest BCUT2D eigenvalue weighted by molar-refractivity contribution is -0.139. The van der Waals surface area contributed by atoms with E-state index < -0.39 is 0 Å². The molecule has 0 fully saturated rings. The van der Waals surface area contributed by atoms with Crippen molar-refractivity contribution in [1.82, 2.24) is 0 Å². The molecule has 0 saturated carbocycles. The number of carbonyl (C=O) groups is 1. The smallest absolute Gasteiger partial charge is 0.310 e. The summed E-state index contributed by atoms with van der Waals surface area (Å²) in [5.74, 6) is -0.154. The molecular weight excluding hydrogens is 208 g/mol. The Kier molecular flexibility index (Phi) is 2.56. The molecule has 0 spiro atoms. The number of fused-ring (bicyclic) bond motifs is 1. The molecule has 0 radical (unpaired) electrons. The lowest BCUT2D eigenvalue weighted by Crippen LogP contribution is -2.03. The molecule has 0 bridgehead atoms. The van der Waals surface area contributed by atoms with Crippen LogP contribution in [0.3, 0.4) is 0 Å². The summed E-state index contributed by atoms with van der Waals surface area (Å²) in [5.41, 5.74) is 2.23. The van der Waals surface area contributed by atoms with Gasteiger partial charge < -0.3 is 14.3 Å². The van der Waals surface area contributed by atoms with Gasteiger partial charge in [-0.15, -0.1) is 0 Å². The van der Waals surface area contributed by atoms with Crippen LogP contribution in [0.1, 0.15) is 11.1 Å². The second-order valence-corrected chi connectivity index (χ2v) is 3.65. The fourth-order valence-corrected chi connectivity index (χ4v) is 1.79. The first-order chi connectivity index (χ1) is 7.61. The van der Waals surface area contributed by atoms with Crippen LogP contribution >= 0.6 is 0 Å². The number of carbonyl (C=O) groups excluding carboxylic acids is 1. The normalized spacial score (nSPS) is 10.6. The molecule has 0 saturated heterocycles. The molecule has 0 aliphatic carbocycles. The lowest BCUT2D eigenvalue weighted by atomic mass is 10.1. The Morgan fingerprint density at radius 3 is 2.94 bits per heavy atom. The number of phenols is 1. The number of benzene rings is 1. The van der Waals surface area contributed by atoms with Crippen molar-refractivity contribution in [2.45, 2.75) is 13.3 Å². The fraction of sp³-hybridized carbons (Fsp3) is 0.250. The molecule has 0 amide bonds. The molecule has 2 aromatic rings. The molecule has 1 aromatic carbocycles. The van der Waals surface area contributed by atoms with Crippen molar-refractivity contribution in [3.8, 4) is 5.75 Å². The number of methoxy groups -OCH3 is 1. The predicted octanol–water partition coefficient (Wildman–Crippen LogP) is 2.16. The minimum absolute atomic E-state index is 0.156. The minimum Gasteiger partial charge on any atom is -0.508 e. The van der Waals surface area contributed by atoms with E-state index in [0.717, 1.165) is 16.5 Å². The van der Waals surface area contributed by atoms with Crippen LogP contribution in [0.5, 0.6) is 5.75 Å². The van der Waals surface area contributed by atoms with Crippen LogP contribution in [0.2, 0.25) is 0 Å². The van der Waals surface area contributed by atoms with Crippen molar-refractivity contribution in [3.63, 3.8) is 0 Å². The molecule has 0 atom stereocenters. The number of rotatable bonds is 2. The van der Waals surface area contributed by atoms with Gasteiger partial charge >= 0.3 is 5.97 Å². The van der Waals surface area contributed by atoms with Crippen LogP contribution in [-0.4, -0.2) is 18.2 Å². The molecule has 16 heavy (non-hydrogen) atoms. The molecule has 0 aliphatic rings. The molecule has 2 rings (SSSR count). The van der Waals surface area contributed by atoms with Crippen molar-refractivity contribution in [3.05, 3.63) is 29.5 Å². The Morgan fingerprint density at radius 2 is 2.25 bits per heavy atom. The first-order valence-electron chi connectivity index (χ1n) is 4.88. The molecule has 84 valence electrons. The van der Waals surface area contributed by atoms with Gasteiger partial charge in [0.2, 0.25) is 0 Å². The molecule has 1 N–H and O–H groups in total. The Bertz CT molecular complexity index is 539. The predicted molar refractivity (Wildman–Crippen MR) is 58.3 cm³/mol. The Labute approximate surface area is 92.4 Å². The molecule has 1 heterocycles. The zero-order chi connectivity index (χ0) is 11.7. The third-order valence-corrected chi connectivity index (χ3v) is 2.50. The Hall–Kier alpha value is -1.97. The van der Waals surface area contributed by atoms with Crippen LogP contribution in [-0.2, 0) is 16.0 Å². The van der Waals surface area contributed by atoms with Gasteiger partial charge in [-0.3, -0.25) is 4.79 Å². The molecule has 0 aliphatic heterocycles. The van der Waals surface area contributed by atoms with E-state index in [4.69, 9.17) is 4.42 Å². The summed E-state index contributed by atoms with van der Waals surface area (Å²) >= 11 is 0. The van der Waals surface area contributed by atoms with Gasteiger partial charge in [-0.1, -0.05) is 0 Å². The SMILES string of the molecule is COC(=O)Cc1coc2cc(O)cc(C)c12. The zero-order valence-electron chi connectivity index (χ0n) is 9.11. The highest BCUT2D eigenvalue weighted by Gasteiger charge is 2.13. The zero-order valence-corrected chi connectivity index (χ0v) is 9.11. The van der Waals surface area contributed by atoms with E-state index in [2.05, 4.69) is 4.74 Å². The second kappa shape index (κ2) is 3.89. The van der Waals surface area contributed by atoms with Crippen LogP contribution in [0.15, 0.2) is 22.8 Å². The number of hydrogen-bond donors (Lipinski definition) is 1. The van der Waals surface area contributed by atoms with Gasteiger partial charge in [-0.2, -0.15) is 0 Å². The van der Waals surface area contributed by atoms with Gasteiger partial charge in [0, 0.05) is 17.0 Å². The molecule has 1 aromatic heterocycles. The van der Waals surface area contributed by atoms with E-state index in [1.54, 1.807) is 6.07 Å². The summed E-state index contributed by atoms with van der Waals surface area (Å²) < 4.78 is 9.89. The van der Waals surface area contributed by atoms with Gasteiger partial charge in [-0.25, -0.2) is 0 Å². The quantitative estimate of drug-likeness (QED) is 0.788.